The van der Waals surface area contributed by atoms with Crippen LogP contribution in [0, 0.1) is 6.92 Å². The summed E-state index contributed by atoms with van der Waals surface area (Å²) in [6, 6.07) is 14.5. The molecule has 0 saturated carbocycles. The quantitative estimate of drug-likeness (QED) is 0.424. The first-order valence-electron chi connectivity index (χ1n) is 10.6. The van der Waals surface area contributed by atoms with Crippen molar-refractivity contribution in [3.8, 4) is 11.3 Å². The second-order valence-electron chi connectivity index (χ2n) is 8.02. The Morgan fingerprint density at radius 3 is 2.48 bits per heavy atom. The van der Waals surface area contributed by atoms with Crippen LogP contribution in [-0.2, 0) is 0 Å². The number of amides is 2. The van der Waals surface area contributed by atoms with Crippen molar-refractivity contribution < 1.29 is 9.59 Å². The van der Waals surface area contributed by atoms with E-state index in [-0.39, 0.29) is 23.4 Å². The molecule has 2 heterocycles. The standard InChI is InChI=1S/C25H24ClN5O2/c1-14(2)31-23-20(13-28-31)18(12-22(30-23)17-8-6-5-7-15(17)3)25(33)29-16-9-10-21(26)19(11-16)24(32)27-4/h5-14H,1-4H3,(H,27,32)(H,29,33). The minimum Gasteiger partial charge on any atom is -0.355 e. The number of benzene rings is 2. The molecule has 0 aliphatic heterocycles. The van der Waals surface area contributed by atoms with Gasteiger partial charge in [0.2, 0.25) is 0 Å². The lowest BCUT2D eigenvalue weighted by Gasteiger charge is -2.13. The third-order valence-corrected chi connectivity index (χ3v) is 5.75. The Bertz CT molecular complexity index is 1380. The summed E-state index contributed by atoms with van der Waals surface area (Å²) in [5.41, 5.74) is 4.51. The van der Waals surface area contributed by atoms with Crippen molar-refractivity contribution in [2.75, 3.05) is 12.4 Å². The van der Waals surface area contributed by atoms with Crippen LogP contribution < -0.4 is 10.6 Å². The molecular weight excluding hydrogens is 438 g/mol. The van der Waals surface area contributed by atoms with Crippen molar-refractivity contribution in [2.24, 2.45) is 0 Å². The molecule has 0 spiro atoms. The van der Waals surface area contributed by atoms with Crippen molar-refractivity contribution in [1.82, 2.24) is 20.1 Å². The Morgan fingerprint density at radius 2 is 1.79 bits per heavy atom. The van der Waals surface area contributed by atoms with Gasteiger partial charge < -0.3 is 10.6 Å². The predicted molar refractivity (Wildman–Crippen MR) is 131 cm³/mol. The number of rotatable bonds is 5. The summed E-state index contributed by atoms with van der Waals surface area (Å²) < 4.78 is 1.81. The minimum absolute atomic E-state index is 0.0735. The molecule has 0 unspecified atom stereocenters. The van der Waals surface area contributed by atoms with Crippen molar-refractivity contribution in [3.05, 3.63) is 76.4 Å². The van der Waals surface area contributed by atoms with E-state index in [4.69, 9.17) is 16.6 Å². The lowest BCUT2D eigenvalue weighted by Crippen LogP contribution is -2.19. The number of aromatic nitrogens is 3. The van der Waals surface area contributed by atoms with E-state index in [1.165, 1.54) is 7.05 Å². The van der Waals surface area contributed by atoms with Crippen molar-refractivity contribution in [2.45, 2.75) is 26.8 Å². The number of hydrogen-bond donors (Lipinski definition) is 2. The fraction of sp³-hybridized carbons (Fsp3) is 0.200. The summed E-state index contributed by atoms with van der Waals surface area (Å²) in [7, 11) is 1.52. The molecular formula is C25H24ClN5O2. The molecule has 8 heteroatoms. The van der Waals surface area contributed by atoms with Crippen molar-refractivity contribution in [3.63, 3.8) is 0 Å². The van der Waals surface area contributed by atoms with E-state index in [9.17, 15) is 9.59 Å². The first-order chi connectivity index (χ1) is 15.8. The molecule has 2 aromatic heterocycles. The number of nitrogens with one attached hydrogen (secondary N) is 2. The van der Waals surface area contributed by atoms with Gasteiger partial charge in [0.05, 0.1) is 33.4 Å². The van der Waals surface area contributed by atoms with Crippen LogP contribution in [-0.4, -0.2) is 33.6 Å². The molecule has 0 radical (unpaired) electrons. The SMILES string of the molecule is CNC(=O)c1cc(NC(=O)c2cc(-c3ccccc3C)nc3c2cnn3C(C)C)ccc1Cl. The van der Waals surface area contributed by atoms with Gasteiger partial charge in [0, 0.05) is 24.3 Å². The number of halogens is 1. The number of aryl methyl sites for hydroxylation is 1. The first kappa shape index (κ1) is 22.5. The summed E-state index contributed by atoms with van der Waals surface area (Å²) in [6.07, 6.45) is 1.66. The molecule has 0 atom stereocenters. The Morgan fingerprint density at radius 1 is 1.03 bits per heavy atom. The molecule has 33 heavy (non-hydrogen) atoms. The molecule has 0 fully saturated rings. The van der Waals surface area contributed by atoms with Crippen LogP contribution in [0.1, 0.15) is 46.2 Å². The maximum absolute atomic E-state index is 13.4. The average Bonchev–Trinajstić information content (AvgIpc) is 3.23. The van der Waals surface area contributed by atoms with E-state index >= 15 is 0 Å². The van der Waals surface area contributed by atoms with E-state index in [0.717, 1.165) is 11.1 Å². The number of nitrogens with zero attached hydrogens (tertiary/aromatic N) is 3. The average molecular weight is 462 g/mol. The fourth-order valence-electron chi connectivity index (χ4n) is 3.69. The molecule has 2 amide bonds. The number of hydrogen-bond acceptors (Lipinski definition) is 4. The number of anilines is 1. The van der Waals surface area contributed by atoms with Crippen LogP contribution in [0.3, 0.4) is 0 Å². The molecule has 0 bridgehead atoms. The van der Waals surface area contributed by atoms with Gasteiger partial charge in [-0.25, -0.2) is 9.67 Å². The zero-order valence-electron chi connectivity index (χ0n) is 18.8. The summed E-state index contributed by atoms with van der Waals surface area (Å²) in [5, 5.41) is 10.9. The molecule has 0 aliphatic carbocycles. The van der Waals surface area contributed by atoms with E-state index in [1.54, 1.807) is 35.1 Å². The summed E-state index contributed by atoms with van der Waals surface area (Å²) >= 11 is 6.14. The third-order valence-electron chi connectivity index (χ3n) is 5.42. The van der Waals surface area contributed by atoms with Crippen LogP contribution in [0.15, 0.2) is 54.7 Å². The van der Waals surface area contributed by atoms with Gasteiger partial charge in [0.25, 0.3) is 11.8 Å². The van der Waals surface area contributed by atoms with Crippen LogP contribution in [0.2, 0.25) is 5.02 Å². The first-order valence-corrected chi connectivity index (χ1v) is 10.9. The molecule has 2 aromatic carbocycles. The molecule has 0 aliphatic rings. The zero-order chi connectivity index (χ0) is 23.7. The van der Waals surface area contributed by atoms with Gasteiger partial charge >= 0.3 is 0 Å². The summed E-state index contributed by atoms with van der Waals surface area (Å²) in [6.45, 7) is 6.04. The van der Waals surface area contributed by atoms with Gasteiger partial charge in [0.15, 0.2) is 5.65 Å². The summed E-state index contributed by atoms with van der Waals surface area (Å²) in [4.78, 5) is 30.3. The van der Waals surface area contributed by atoms with Gasteiger partial charge in [-0.15, -0.1) is 0 Å². The third kappa shape index (κ3) is 4.32. The van der Waals surface area contributed by atoms with Gasteiger partial charge in [-0.05, 0) is 50.6 Å². The lowest BCUT2D eigenvalue weighted by molar-refractivity contribution is 0.0961. The van der Waals surface area contributed by atoms with Gasteiger partial charge in [-0.2, -0.15) is 5.10 Å². The Balaban J connectivity index is 1.82. The number of pyridine rings is 1. The van der Waals surface area contributed by atoms with Crippen LogP contribution in [0.5, 0.6) is 0 Å². The molecule has 0 saturated heterocycles. The predicted octanol–water partition coefficient (Wildman–Crippen LogP) is 5.25. The van der Waals surface area contributed by atoms with E-state index < -0.39 is 0 Å². The molecule has 4 rings (SSSR count). The van der Waals surface area contributed by atoms with Gasteiger partial charge in [0.1, 0.15) is 0 Å². The largest absolute Gasteiger partial charge is 0.355 e. The smallest absolute Gasteiger partial charge is 0.256 e. The maximum atomic E-state index is 13.4. The number of carbonyl (C=O) groups excluding carboxylic acids is 2. The monoisotopic (exact) mass is 461 g/mol. The minimum atomic E-state index is -0.331. The molecule has 4 aromatic rings. The highest BCUT2D eigenvalue weighted by Crippen LogP contribution is 2.29. The van der Waals surface area contributed by atoms with Gasteiger partial charge in [-0.1, -0.05) is 35.9 Å². The van der Waals surface area contributed by atoms with E-state index in [2.05, 4.69) is 15.7 Å². The lowest BCUT2D eigenvalue weighted by atomic mass is 10.0. The number of fused-ring (bicyclic) bond motifs is 1. The fourth-order valence-corrected chi connectivity index (χ4v) is 3.90. The van der Waals surface area contributed by atoms with Crippen molar-refractivity contribution >= 4 is 40.1 Å². The molecule has 2 N–H and O–H groups in total. The number of carbonyl (C=O) groups is 2. The van der Waals surface area contributed by atoms with Crippen molar-refractivity contribution in [1.29, 1.82) is 0 Å². The zero-order valence-corrected chi connectivity index (χ0v) is 19.6. The highest BCUT2D eigenvalue weighted by molar-refractivity contribution is 6.34. The second kappa shape index (κ2) is 9.03. The Hall–Kier alpha value is -3.71. The highest BCUT2D eigenvalue weighted by Gasteiger charge is 2.20. The highest BCUT2D eigenvalue weighted by atomic mass is 35.5. The van der Waals surface area contributed by atoms with Crippen LogP contribution in [0.4, 0.5) is 5.69 Å². The van der Waals surface area contributed by atoms with E-state index in [0.29, 0.717) is 33.0 Å². The van der Waals surface area contributed by atoms with Crippen LogP contribution in [0.25, 0.3) is 22.3 Å². The Kier molecular flexibility index (Phi) is 6.16. The maximum Gasteiger partial charge on any atom is 0.256 e. The summed E-state index contributed by atoms with van der Waals surface area (Å²) in [5.74, 6) is -0.659. The molecule has 7 nitrogen and oxygen atoms in total. The topological polar surface area (TPSA) is 88.9 Å². The normalized spacial score (nSPS) is 11.1. The van der Waals surface area contributed by atoms with Crippen LogP contribution >= 0.6 is 11.6 Å². The second-order valence-corrected chi connectivity index (χ2v) is 8.43. The van der Waals surface area contributed by atoms with Gasteiger partial charge in [-0.3, -0.25) is 9.59 Å². The van der Waals surface area contributed by atoms with E-state index in [1.807, 2.05) is 45.0 Å². The Labute approximate surface area is 196 Å². The molecule has 168 valence electrons.